The summed E-state index contributed by atoms with van der Waals surface area (Å²) in [5.41, 5.74) is 4.72. The van der Waals surface area contributed by atoms with Crippen molar-refractivity contribution in [1.29, 1.82) is 0 Å². The molecule has 0 aliphatic carbocycles. The Hall–Kier alpha value is -3.09. The Balaban J connectivity index is 1.54. The first-order valence-corrected chi connectivity index (χ1v) is 12.6. The van der Waals surface area contributed by atoms with Crippen LogP contribution in [-0.4, -0.2) is 72.3 Å². The van der Waals surface area contributed by atoms with E-state index < -0.39 is 0 Å². The highest BCUT2D eigenvalue weighted by molar-refractivity contribution is 5.76. The van der Waals surface area contributed by atoms with E-state index in [0.717, 1.165) is 85.2 Å². The van der Waals surface area contributed by atoms with Crippen molar-refractivity contribution >= 4 is 5.82 Å². The molecule has 6 heteroatoms. The predicted octanol–water partition coefficient (Wildman–Crippen LogP) is 5.27. The molecule has 0 spiro atoms. The van der Waals surface area contributed by atoms with Crippen LogP contribution < -0.4 is 10.1 Å². The largest absolute Gasteiger partial charge is 0.507 e. The lowest BCUT2D eigenvalue weighted by Crippen LogP contribution is -2.44. The zero-order valence-electron chi connectivity index (χ0n) is 21.4. The Morgan fingerprint density at radius 1 is 0.971 bits per heavy atom. The number of phenolic OH excluding ortho intramolecular Hbond substituents is 1. The summed E-state index contributed by atoms with van der Waals surface area (Å²) in [7, 11) is 2.19. The first-order valence-electron chi connectivity index (χ1n) is 12.6. The first-order chi connectivity index (χ1) is 16.9. The summed E-state index contributed by atoms with van der Waals surface area (Å²) >= 11 is 0. The van der Waals surface area contributed by atoms with Crippen LogP contribution in [0.4, 0.5) is 5.82 Å². The van der Waals surface area contributed by atoms with Crippen molar-refractivity contribution in [1.82, 2.24) is 14.8 Å². The van der Waals surface area contributed by atoms with E-state index in [9.17, 15) is 5.11 Å². The van der Waals surface area contributed by atoms with Crippen molar-refractivity contribution in [2.24, 2.45) is 0 Å². The summed E-state index contributed by atoms with van der Waals surface area (Å²) in [5, 5.41) is 14.1. The number of piperazine rings is 1. The number of phenols is 1. The third kappa shape index (κ3) is 6.96. The molecule has 6 nitrogen and oxygen atoms in total. The molecule has 1 aromatic heterocycles. The molecular weight excluding hydrogens is 436 g/mol. The second-order valence-corrected chi connectivity index (χ2v) is 9.76. The highest BCUT2D eigenvalue weighted by Crippen LogP contribution is 2.33. The normalized spacial score (nSPS) is 14.9. The van der Waals surface area contributed by atoms with Gasteiger partial charge in [-0.25, -0.2) is 4.98 Å². The van der Waals surface area contributed by atoms with Crippen LogP contribution in [0, 0.1) is 6.92 Å². The van der Waals surface area contributed by atoms with Crippen LogP contribution in [0.15, 0.2) is 54.6 Å². The number of ether oxygens (including phenoxy) is 1. The number of aryl methyl sites for hydroxylation is 1. The van der Waals surface area contributed by atoms with E-state index in [4.69, 9.17) is 9.72 Å². The van der Waals surface area contributed by atoms with Gasteiger partial charge in [-0.1, -0.05) is 23.8 Å². The van der Waals surface area contributed by atoms with Gasteiger partial charge in [0.1, 0.15) is 17.3 Å². The number of aromatic nitrogens is 1. The smallest absolute Gasteiger partial charge is 0.127 e. The van der Waals surface area contributed by atoms with Gasteiger partial charge in [-0.2, -0.15) is 0 Å². The summed E-state index contributed by atoms with van der Waals surface area (Å²) < 4.78 is 5.81. The van der Waals surface area contributed by atoms with Crippen LogP contribution >= 0.6 is 0 Å². The van der Waals surface area contributed by atoms with Gasteiger partial charge in [-0.05, 0) is 88.3 Å². The second kappa shape index (κ2) is 11.6. The molecule has 0 saturated carbocycles. The Morgan fingerprint density at radius 2 is 1.71 bits per heavy atom. The average molecular weight is 475 g/mol. The molecule has 0 unspecified atom stereocenters. The molecule has 2 aromatic carbocycles. The zero-order chi connectivity index (χ0) is 24.8. The molecule has 1 aliphatic rings. The Kier molecular flexibility index (Phi) is 8.26. The second-order valence-electron chi connectivity index (χ2n) is 9.76. The number of pyridine rings is 1. The van der Waals surface area contributed by atoms with E-state index in [1.54, 1.807) is 6.07 Å². The molecule has 2 heterocycles. The van der Waals surface area contributed by atoms with Gasteiger partial charge in [0.05, 0.1) is 11.8 Å². The van der Waals surface area contributed by atoms with Crippen LogP contribution in [0.5, 0.6) is 11.5 Å². The lowest BCUT2D eigenvalue weighted by Gasteiger charge is -2.32. The molecule has 186 valence electrons. The fourth-order valence-electron chi connectivity index (χ4n) is 4.37. The van der Waals surface area contributed by atoms with Gasteiger partial charge in [0.15, 0.2) is 0 Å². The maximum absolute atomic E-state index is 10.6. The van der Waals surface area contributed by atoms with Crippen molar-refractivity contribution in [3.63, 3.8) is 0 Å². The van der Waals surface area contributed by atoms with Crippen LogP contribution in [-0.2, 0) is 0 Å². The molecule has 0 amide bonds. The minimum Gasteiger partial charge on any atom is -0.507 e. The van der Waals surface area contributed by atoms with Gasteiger partial charge in [0.2, 0.25) is 0 Å². The number of benzene rings is 2. The van der Waals surface area contributed by atoms with Gasteiger partial charge in [0.25, 0.3) is 0 Å². The van der Waals surface area contributed by atoms with Crippen molar-refractivity contribution in [3.8, 4) is 33.9 Å². The topological polar surface area (TPSA) is 60.9 Å². The zero-order valence-corrected chi connectivity index (χ0v) is 21.4. The summed E-state index contributed by atoms with van der Waals surface area (Å²) in [6.07, 6.45) is 1.20. The standard InChI is InChI=1S/C29H38N4O2/c1-21(2)35-25-9-7-23(8-10-25)24-19-27(26-18-22(3)6-11-28(26)34)31-29(20-24)30-12-5-13-33-16-14-32(4)15-17-33/h6-11,18-21,34H,5,12-17H2,1-4H3,(H,30,31). The maximum atomic E-state index is 10.6. The van der Waals surface area contributed by atoms with Gasteiger partial charge >= 0.3 is 0 Å². The monoisotopic (exact) mass is 474 g/mol. The molecule has 3 aromatic rings. The quantitative estimate of drug-likeness (QED) is 0.412. The summed E-state index contributed by atoms with van der Waals surface area (Å²) in [5.74, 6) is 1.91. The molecular formula is C29H38N4O2. The van der Waals surface area contributed by atoms with Crippen molar-refractivity contribution in [2.45, 2.75) is 33.3 Å². The van der Waals surface area contributed by atoms with Crippen LogP contribution in [0.2, 0.25) is 0 Å². The lowest BCUT2D eigenvalue weighted by molar-refractivity contribution is 0.154. The van der Waals surface area contributed by atoms with Gasteiger partial charge < -0.3 is 25.0 Å². The molecule has 1 saturated heterocycles. The van der Waals surface area contributed by atoms with E-state index in [0.29, 0.717) is 0 Å². The molecule has 35 heavy (non-hydrogen) atoms. The van der Waals surface area contributed by atoms with Crippen molar-refractivity contribution in [2.75, 3.05) is 51.6 Å². The number of anilines is 1. The predicted molar refractivity (Wildman–Crippen MR) is 144 cm³/mol. The van der Waals surface area contributed by atoms with Gasteiger partial charge in [-0.15, -0.1) is 0 Å². The lowest BCUT2D eigenvalue weighted by atomic mass is 10.0. The van der Waals surface area contributed by atoms with E-state index in [1.807, 2.05) is 51.1 Å². The van der Waals surface area contributed by atoms with Gasteiger partial charge in [-0.3, -0.25) is 0 Å². The number of likely N-dealkylation sites (N-methyl/N-ethyl adjacent to an activating group) is 1. The van der Waals surface area contributed by atoms with Crippen LogP contribution in [0.1, 0.15) is 25.8 Å². The van der Waals surface area contributed by atoms with Crippen LogP contribution in [0.3, 0.4) is 0 Å². The summed E-state index contributed by atoms with van der Waals surface area (Å²) in [6.45, 7) is 12.6. The highest BCUT2D eigenvalue weighted by atomic mass is 16.5. The van der Waals surface area contributed by atoms with E-state index in [-0.39, 0.29) is 11.9 Å². The first kappa shape index (κ1) is 25.0. The van der Waals surface area contributed by atoms with E-state index >= 15 is 0 Å². The molecule has 4 rings (SSSR count). The average Bonchev–Trinajstić information content (AvgIpc) is 2.84. The minimum absolute atomic E-state index is 0.138. The number of hydrogen-bond acceptors (Lipinski definition) is 6. The Bertz CT molecular complexity index is 1110. The number of rotatable bonds is 9. The molecule has 0 bridgehead atoms. The highest BCUT2D eigenvalue weighted by Gasteiger charge is 2.14. The molecule has 0 atom stereocenters. The third-order valence-corrected chi connectivity index (χ3v) is 6.37. The van der Waals surface area contributed by atoms with Crippen molar-refractivity contribution in [3.05, 3.63) is 60.2 Å². The number of nitrogens with one attached hydrogen (secondary N) is 1. The van der Waals surface area contributed by atoms with Gasteiger partial charge in [0, 0.05) is 38.3 Å². The number of nitrogens with zero attached hydrogens (tertiary/aromatic N) is 3. The number of hydrogen-bond donors (Lipinski definition) is 2. The fourth-order valence-corrected chi connectivity index (χ4v) is 4.37. The SMILES string of the molecule is Cc1ccc(O)c(-c2cc(-c3ccc(OC(C)C)cc3)cc(NCCCN3CCN(C)CC3)n2)c1. The molecule has 1 fully saturated rings. The minimum atomic E-state index is 0.138. The molecule has 1 aliphatic heterocycles. The molecule has 2 N–H and O–H groups in total. The third-order valence-electron chi connectivity index (χ3n) is 6.37. The van der Waals surface area contributed by atoms with Crippen LogP contribution in [0.25, 0.3) is 22.4 Å². The van der Waals surface area contributed by atoms with E-state index in [1.165, 1.54) is 0 Å². The van der Waals surface area contributed by atoms with E-state index in [2.05, 4.69) is 40.4 Å². The number of aromatic hydroxyl groups is 1. The maximum Gasteiger partial charge on any atom is 0.127 e. The molecule has 0 radical (unpaired) electrons. The summed E-state index contributed by atoms with van der Waals surface area (Å²) in [6, 6.07) is 17.9. The van der Waals surface area contributed by atoms with Crippen molar-refractivity contribution < 1.29 is 9.84 Å². The Labute approximate surface area is 209 Å². The summed E-state index contributed by atoms with van der Waals surface area (Å²) in [4.78, 5) is 9.78. The fraction of sp³-hybridized carbons (Fsp3) is 0.414. The Morgan fingerprint density at radius 3 is 2.43 bits per heavy atom.